The van der Waals surface area contributed by atoms with Crippen molar-refractivity contribution in [3.63, 3.8) is 0 Å². The fourth-order valence-corrected chi connectivity index (χ4v) is 6.39. The number of carboxylic acids is 1. The van der Waals surface area contributed by atoms with Crippen molar-refractivity contribution in [3.8, 4) is 0 Å². The van der Waals surface area contributed by atoms with Gasteiger partial charge in [-0.15, -0.1) is 0 Å². The molecule has 0 aromatic heterocycles. The van der Waals surface area contributed by atoms with E-state index in [1.54, 1.807) is 0 Å². The van der Waals surface area contributed by atoms with Crippen molar-refractivity contribution in [3.05, 3.63) is 65.5 Å². The van der Waals surface area contributed by atoms with Crippen LogP contribution in [0.4, 0.5) is 35.1 Å². The highest BCUT2D eigenvalue weighted by Gasteiger charge is 2.73. The second kappa shape index (κ2) is 9.82. The molecule has 6 nitrogen and oxygen atoms in total. The number of sulfone groups is 1. The Morgan fingerprint density at radius 3 is 1.87 bits per heavy atom. The molecular formula is C23H19F8NO5S. The average molecular weight is 573 g/mol. The number of hydrogen-bond acceptors (Lipinski definition) is 4. The lowest BCUT2D eigenvalue weighted by molar-refractivity contribution is -0.348. The van der Waals surface area contributed by atoms with Crippen LogP contribution in [0.3, 0.4) is 0 Å². The van der Waals surface area contributed by atoms with E-state index in [4.69, 9.17) is 5.11 Å². The molecule has 0 saturated carbocycles. The molecule has 0 spiro atoms. The van der Waals surface area contributed by atoms with E-state index in [1.807, 2.05) is 0 Å². The zero-order chi connectivity index (χ0) is 28.7. The molecule has 0 radical (unpaired) electrons. The van der Waals surface area contributed by atoms with Crippen molar-refractivity contribution in [1.29, 1.82) is 0 Å². The van der Waals surface area contributed by atoms with Gasteiger partial charge in [0.25, 0.3) is 0 Å². The highest BCUT2D eigenvalue weighted by Crippen LogP contribution is 2.53. The Morgan fingerprint density at radius 1 is 0.868 bits per heavy atom. The fraction of sp³-hybridized carbons (Fsp3) is 0.391. The maximum atomic E-state index is 14.5. The smallest absolute Gasteiger partial charge is 0.435 e. The number of benzene rings is 2. The van der Waals surface area contributed by atoms with E-state index < -0.39 is 80.1 Å². The van der Waals surface area contributed by atoms with Crippen LogP contribution in [0.1, 0.15) is 30.4 Å². The number of aliphatic carboxylic acids is 1. The summed E-state index contributed by atoms with van der Waals surface area (Å²) in [4.78, 5) is 23.9. The van der Waals surface area contributed by atoms with E-state index >= 15 is 0 Å². The SMILES string of the molecule is O=C(O)CCC(=O)N1CCC(c2ccc(C(F)(C(F)(F)F)C(F)(F)F)cc2)(S(=O)(=O)c2ccc(F)cc2)C1. The second-order valence-corrected chi connectivity index (χ2v) is 10.9. The number of carbonyl (C=O) groups is 2. The van der Waals surface area contributed by atoms with E-state index in [-0.39, 0.29) is 30.7 Å². The fourth-order valence-electron chi connectivity index (χ4n) is 4.31. The Morgan fingerprint density at radius 2 is 1.39 bits per heavy atom. The molecular weight excluding hydrogens is 554 g/mol. The van der Waals surface area contributed by atoms with Gasteiger partial charge in [0.15, 0.2) is 9.84 Å². The summed E-state index contributed by atoms with van der Waals surface area (Å²) < 4.78 is 132. The first-order valence-corrected chi connectivity index (χ1v) is 12.3. The summed E-state index contributed by atoms with van der Waals surface area (Å²) in [6.07, 6.45) is -14.2. The summed E-state index contributed by atoms with van der Waals surface area (Å²) in [5.41, 5.74) is -7.91. The number of carbonyl (C=O) groups excluding carboxylic acids is 1. The number of halogens is 8. The van der Waals surface area contributed by atoms with E-state index in [1.165, 1.54) is 0 Å². The van der Waals surface area contributed by atoms with Gasteiger partial charge in [-0.1, -0.05) is 24.3 Å². The molecule has 0 bridgehead atoms. The van der Waals surface area contributed by atoms with Crippen LogP contribution in [-0.4, -0.2) is 55.7 Å². The van der Waals surface area contributed by atoms with E-state index in [9.17, 15) is 53.1 Å². The van der Waals surface area contributed by atoms with Crippen LogP contribution in [0.2, 0.25) is 0 Å². The molecule has 1 amide bonds. The zero-order valence-electron chi connectivity index (χ0n) is 19.1. The maximum Gasteiger partial charge on any atom is 0.435 e. The van der Waals surface area contributed by atoms with Crippen LogP contribution in [0.25, 0.3) is 0 Å². The predicted molar refractivity (Wildman–Crippen MR) is 115 cm³/mol. The number of likely N-dealkylation sites (tertiary alicyclic amines) is 1. The predicted octanol–water partition coefficient (Wildman–Crippen LogP) is 4.88. The molecule has 1 aliphatic rings. The Kier molecular flexibility index (Phi) is 7.58. The third kappa shape index (κ3) is 4.95. The van der Waals surface area contributed by atoms with E-state index in [0.29, 0.717) is 12.1 Å². The maximum absolute atomic E-state index is 14.5. The molecule has 3 rings (SSSR count). The number of carboxylic acid groups (broad SMARTS) is 1. The van der Waals surface area contributed by atoms with Crippen molar-refractivity contribution in [2.24, 2.45) is 0 Å². The Bertz CT molecular complexity index is 1290. The number of alkyl halides is 7. The first-order chi connectivity index (χ1) is 17.4. The molecule has 1 heterocycles. The average Bonchev–Trinajstić information content (AvgIpc) is 3.28. The quantitative estimate of drug-likeness (QED) is 0.377. The molecule has 2 aromatic carbocycles. The Labute approximate surface area is 210 Å². The summed E-state index contributed by atoms with van der Waals surface area (Å²) in [6.45, 7) is -0.886. The van der Waals surface area contributed by atoms with Gasteiger partial charge in [0.05, 0.1) is 11.3 Å². The lowest BCUT2D eigenvalue weighted by Crippen LogP contribution is -2.50. The first kappa shape index (κ1) is 29.3. The highest BCUT2D eigenvalue weighted by molar-refractivity contribution is 7.92. The molecule has 1 N–H and O–H groups in total. The number of amides is 1. The van der Waals surface area contributed by atoms with Gasteiger partial charge in [0, 0.05) is 25.1 Å². The van der Waals surface area contributed by atoms with Gasteiger partial charge in [-0.05, 0) is 36.2 Å². The van der Waals surface area contributed by atoms with Gasteiger partial charge < -0.3 is 10.0 Å². The minimum Gasteiger partial charge on any atom is -0.481 e. The number of nitrogens with zero attached hydrogens (tertiary/aromatic N) is 1. The third-order valence-corrected chi connectivity index (χ3v) is 8.86. The minimum atomic E-state index is -6.38. The molecule has 2 aromatic rings. The molecule has 1 aliphatic heterocycles. The van der Waals surface area contributed by atoms with Gasteiger partial charge in [0.2, 0.25) is 5.91 Å². The van der Waals surface area contributed by atoms with Gasteiger partial charge >= 0.3 is 24.0 Å². The number of rotatable bonds is 7. The van der Waals surface area contributed by atoms with Gasteiger partial charge in [-0.3, -0.25) is 9.59 Å². The van der Waals surface area contributed by atoms with Gasteiger partial charge in [-0.25, -0.2) is 17.2 Å². The summed E-state index contributed by atoms with van der Waals surface area (Å²) >= 11 is 0. The molecule has 0 aliphatic carbocycles. The van der Waals surface area contributed by atoms with Crippen molar-refractivity contribution < 1.29 is 58.2 Å². The van der Waals surface area contributed by atoms with Crippen LogP contribution in [-0.2, 0) is 29.8 Å². The topological polar surface area (TPSA) is 91.8 Å². The van der Waals surface area contributed by atoms with Crippen molar-refractivity contribution >= 4 is 21.7 Å². The summed E-state index contributed by atoms with van der Waals surface area (Å²) in [6, 6.07) is 4.99. The number of hydrogen-bond donors (Lipinski definition) is 1. The first-order valence-electron chi connectivity index (χ1n) is 10.8. The van der Waals surface area contributed by atoms with Crippen molar-refractivity contribution in [2.45, 2.75) is 46.9 Å². The van der Waals surface area contributed by atoms with Crippen LogP contribution < -0.4 is 0 Å². The molecule has 1 fully saturated rings. The largest absolute Gasteiger partial charge is 0.481 e. The van der Waals surface area contributed by atoms with Gasteiger partial charge in [0.1, 0.15) is 10.6 Å². The normalized spacial score (nSPS) is 19.0. The highest BCUT2D eigenvalue weighted by atomic mass is 32.2. The van der Waals surface area contributed by atoms with Crippen molar-refractivity contribution in [2.75, 3.05) is 13.1 Å². The molecule has 38 heavy (non-hydrogen) atoms. The standard InChI is InChI=1S/C23H19F8NO5S/c24-16-5-7-17(8-6-16)38(36,37)20(11-12-32(13-20)18(33)9-10-19(34)35)14-1-3-15(4-2-14)21(25,22(26,27)28)23(29,30)31/h1-8H,9-13H2,(H,34,35). The van der Waals surface area contributed by atoms with Crippen LogP contribution in [0, 0.1) is 5.82 Å². The van der Waals surface area contributed by atoms with Crippen molar-refractivity contribution in [1.82, 2.24) is 4.90 Å². The van der Waals surface area contributed by atoms with Crippen LogP contribution >= 0.6 is 0 Å². The summed E-state index contributed by atoms with van der Waals surface area (Å²) in [5.74, 6) is -2.85. The molecule has 208 valence electrons. The Balaban J connectivity index is 2.13. The second-order valence-electron chi connectivity index (χ2n) is 8.64. The Hall–Kier alpha value is -3.23. The van der Waals surface area contributed by atoms with E-state index in [0.717, 1.165) is 29.2 Å². The minimum absolute atomic E-state index is 0.174. The van der Waals surface area contributed by atoms with Gasteiger partial charge in [-0.2, -0.15) is 26.3 Å². The third-order valence-electron chi connectivity index (χ3n) is 6.37. The summed E-state index contributed by atoms with van der Waals surface area (Å²) in [7, 11) is -4.59. The summed E-state index contributed by atoms with van der Waals surface area (Å²) in [5, 5.41) is 8.80. The molecule has 1 atom stereocenters. The van der Waals surface area contributed by atoms with E-state index in [2.05, 4.69) is 0 Å². The molecule has 1 unspecified atom stereocenters. The molecule has 1 saturated heterocycles. The lowest BCUT2D eigenvalue weighted by Gasteiger charge is -2.32. The monoisotopic (exact) mass is 573 g/mol. The van der Waals surface area contributed by atoms with Crippen LogP contribution in [0.5, 0.6) is 0 Å². The molecule has 15 heteroatoms. The lowest BCUT2D eigenvalue weighted by atomic mass is 9.90. The van der Waals surface area contributed by atoms with Crippen LogP contribution in [0.15, 0.2) is 53.4 Å². The zero-order valence-corrected chi connectivity index (χ0v) is 19.9.